The highest BCUT2D eigenvalue weighted by Crippen LogP contribution is 2.47. The Bertz CT molecular complexity index is 1600. The number of ether oxygens (including phenoxy) is 1. The highest BCUT2D eigenvalue weighted by Gasteiger charge is 2.47. The number of hydrogen-bond donors (Lipinski definition) is 1. The lowest BCUT2D eigenvalue weighted by molar-refractivity contribution is -0.140. The van der Waals surface area contributed by atoms with Crippen LogP contribution in [0.2, 0.25) is 5.02 Å². The minimum atomic E-state index is -1.45. The summed E-state index contributed by atoms with van der Waals surface area (Å²) < 4.78 is 5.73. The van der Waals surface area contributed by atoms with Gasteiger partial charge in [-0.2, -0.15) is 5.26 Å². The molecule has 0 spiro atoms. The highest BCUT2D eigenvalue weighted by atomic mass is 35.5. The predicted octanol–water partition coefficient (Wildman–Crippen LogP) is 6.54. The molecule has 4 aromatic rings. The number of nitrogens with zero attached hydrogens (tertiary/aromatic N) is 3. The fourth-order valence-electron chi connectivity index (χ4n) is 5.61. The van der Waals surface area contributed by atoms with Gasteiger partial charge in [0.05, 0.1) is 13.2 Å². The first-order chi connectivity index (χ1) is 19.9. The largest absolute Gasteiger partial charge is 0.496 e. The summed E-state index contributed by atoms with van der Waals surface area (Å²) in [6.07, 6.45) is 0. The number of rotatable bonds is 6. The molecule has 2 unspecified atom stereocenters. The summed E-state index contributed by atoms with van der Waals surface area (Å²) in [5, 5.41) is 16.2. The first-order valence-corrected chi connectivity index (χ1v) is 13.9. The van der Waals surface area contributed by atoms with E-state index in [2.05, 4.69) is 11.4 Å². The molecule has 5 rings (SSSR count). The summed E-state index contributed by atoms with van der Waals surface area (Å²) in [5.41, 5.74) is 0.840. The van der Waals surface area contributed by atoms with E-state index in [0.29, 0.717) is 42.6 Å². The van der Waals surface area contributed by atoms with Crippen LogP contribution in [-0.4, -0.2) is 55.0 Å². The highest BCUT2D eigenvalue weighted by molar-refractivity contribution is 6.30. The van der Waals surface area contributed by atoms with Crippen LogP contribution in [0.5, 0.6) is 5.75 Å². The molecule has 1 N–H and O–H groups in total. The number of piperazine rings is 1. The summed E-state index contributed by atoms with van der Waals surface area (Å²) in [7, 11) is 1.60. The van der Waals surface area contributed by atoms with Gasteiger partial charge in [0, 0.05) is 48.4 Å². The molecule has 1 fully saturated rings. The summed E-state index contributed by atoms with van der Waals surface area (Å²) in [5.74, 6) is -0.265. The maximum Gasteiger partial charge on any atom is 0.321 e. The van der Waals surface area contributed by atoms with Crippen molar-refractivity contribution in [3.8, 4) is 11.8 Å². The minimum absolute atomic E-state index is 0.245. The Hall–Kier alpha value is -4.54. The summed E-state index contributed by atoms with van der Waals surface area (Å²) in [6, 6.07) is 30.6. The minimum Gasteiger partial charge on any atom is -0.496 e. The second kappa shape index (κ2) is 11.9. The molecule has 7 nitrogen and oxygen atoms in total. The zero-order valence-corrected chi connectivity index (χ0v) is 23.8. The number of halogens is 1. The Balaban J connectivity index is 1.44. The molecule has 1 aliphatic rings. The Morgan fingerprint density at radius 3 is 2.20 bits per heavy atom. The van der Waals surface area contributed by atoms with Gasteiger partial charge < -0.3 is 19.9 Å². The lowest BCUT2D eigenvalue weighted by atomic mass is 9.68. The zero-order valence-electron chi connectivity index (χ0n) is 23.0. The molecule has 1 saturated heterocycles. The lowest BCUT2D eigenvalue weighted by Crippen LogP contribution is -2.55. The summed E-state index contributed by atoms with van der Waals surface area (Å²) in [6.45, 7) is 3.05. The van der Waals surface area contributed by atoms with Gasteiger partial charge >= 0.3 is 6.03 Å². The van der Waals surface area contributed by atoms with E-state index in [1.165, 1.54) is 0 Å². The average Bonchev–Trinajstić information content (AvgIpc) is 3.02. The number of para-hydroxylation sites is 1. The molecule has 0 aromatic heterocycles. The molecule has 41 heavy (non-hydrogen) atoms. The Morgan fingerprint density at radius 2 is 1.49 bits per heavy atom. The third-order valence-electron chi connectivity index (χ3n) is 7.79. The molecule has 8 heteroatoms. The first-order valence-electron chi connectivity index (χ1n) is 13.5. The van der Waals surface area contributed by atoms with Crippen LogP contribution in [0.1, 0.15) is 24.0 Å². The number of anilines is 1. The van der Waals surface area contributed by atoms with Crippen LogP contribution < -0.4 is 10.1 Å². The number of hydrogen-bond acceptors (Lipinski definition) is 4. The van der Waals surface area contributed by atoms with Gasteiger partial charge in [-0.1, -0.05) is 72.3 Å². The topological polar surface area (TPSA) is 85.7 Å². The van der Waals surface area contributed by atoms with Crippen LogP contribution in [0.15, 0.2) is 91.0 Å². The van der Waals surface area contributed by atoms with Crippen molar-refractivity contribution in [3.05, 3.63) is 107 Å². The summed E-state index contributed by atoms with van der Waals surface area (Å²) >= 11 is 5.95. The first kappa shape index (κ1) is 28.0. The predicted molar refractivity (Wildman–Crippen MR) is 161 cm³/mol. The normalized spacial score (nSPS) is 15.5. The molecular formula is C33H31ClN4O3. The van der Waals surface area contributed by atoms with Crippen molar-refractivity contribution in [1.82, 2.24) is 9.80 Å². The third-order valence-corrected chi connectivity index (χ3v) is 8.04. The Morgan fingerprint density at radius 1 is 0.878 bits per heavy atom. The van der Waals surface area contributed by atoms with Crippen LogP contribution in [0.4, 0.5) is 10.5 Å². The van der Waals surface area contributed by atoms with E-state index in [1.807, 2.05) is 66.7 Å². The number of carbonyl (C=O) groups is 2. The van der Waals surface area contributed by atoms with Gasteiger partial charge in [0.2, 0.25) is 5.91 Å². The van der Waals surface area contributed by atoms with Crippen molar-refractivity contribution in [3.63, 3.8) is 0 Å². The van der Waals surface area contributed by atoms with Gasteiger partial charge in [-0.15, -0.1) is 0 Å². The second-order valence-electron chi connectivity index (χ2n) is 10.3. The van der Waals surface area contributed by atoms with Crippen LogP contribution >= 0.6 is 11.6 Å². The van der Waals surface area contributed by atoms with Crippen LogP contribution in [0, 0.1) is 16.7 Å². The molecule has 1 heterocycles. The molecular weight excluding hydrogens is 536 g/mol. The van der Waals surface area contributed by atoms with E-state index in [0.717, 1.165) is 21.9 Å². The van der Waals surface area contributed by atoms with Crippen LogP contribution in [0.3, 0.4) is 0 Å². The molecule has 208 valence electrons. The zero-order chi connectivity index (χ0) is 29.0. The molecule has 0 bridgehead atoms. The number of benzene rings is 4. The van der Waals surface area contributed by atoms with Crippen molar-refractivity contribution < 1.29 is 14.3 Å². The number of urea groups is 1. The van der Waals surface area contributed by atoms with Gasteiger partial charge in [-0.3, -0.25) is 4.79 Å². The molecule has 4 aromatic carbocycles. The lowest BCUT2D eigenvalue weighted by Gasteiger charge is -2.40. The van der Waals surface area contributed by atoms with Crippen molar-refractivity contribution in [2.24, 2.45) is 5.41 Å². The molecule has 3 amide bonds. The molecule has 0 radical (unpaired) electrons. The van der Waals surface area contributed by atoms with E-state index < -0.39 is 11.3 Å². The van der Waals surface area contributed by atoms with Gasteiger partial charge in [-0.05, 0) is 53.6 Å². The van der Waals surface area contributed by atoms with E-state index in [4.69, 9.17) is 16.3 Å². The van der Waals surface area contributed by atoms with E-state index >= 15 is 0 Å². The molecule has 0 aliphatic carbocycles. The Labute approximate surface area is 244 Å². The molecule has 1 aliphatic heterocycles. The van der Waals surface area contributed by atoms with Crippen molar-refractivity contribution in [1.29, 1.82) is 5.26 Å². The maximum atomic E-state index is 14.3. The average molecular weight is 567 g/mol. The van der Waals surface area contributed by atoms with Crippen molar-refractivity contribution in [2.45, 2.75) is 12.8 Å². The second-order valence-corrected chi connectivity index (χ2v) is 10.7. The SMILES string of the molecule is COc1ccccc1C(c1cccc2ccccc12)C(C)(C#N)C(=O)N1CCN(C(=O)Nc2ccc(Cl)cc2)CC1. The van der Waals surface area contributed by atoms with E-state index in [1.54, 1.807) is 48.1 Å². The van der Waals surface area contributed by atoms with Crippen LogP contribution in [0.25, 0.3) is 10.8 Å². The number of nitrogens with one attached hydrogen (secondary N) is 1. The maximum absolute atomic E-state index is 14.3. The summed E-state index contributed by atoms with van der Waals surface area (Å²) in [4.78, 5) is 30.5. The number of carbonyl (C=O) groups excluding carboxylic acids is 2. The smallest absolute Gasteiger partial charge is 0.321 e. The van der Waals surface area contributed by atoms with E-state index in [9.17, 15) is 14.9 Å². The number of nitriles is 1. The number of amides is 3. The van der Waals surface area contributed by atoms with Gasteiger partial charge in [0.15, 0.2) is 0 Å². The number of fused-ring (bicyclic) bond motifs is 1. The molecule has 2 atom stereocenters. The standard InChI is InChI=1S/C33H31ClN4O3/c1-33(22-35,31(39)37-18-20-38(21-19-37)32(40)36-25-16-14-24(34)15-17-25)30(28-11-5-6-13-29(28)41-2)27-12-7-9-23-8-3-4-10-26(23)27/h3-17,30H,18-21H2,1-2H3,(H,36,40). The van der Waals surface area contributed by atoms with Gasteiger partial charge in [0.1, 0.15) is 11.2 Å². The molecule has 0 saturated carbocycles. The Kier molecular flexibility index (Phi) is 8.14. The van der Waals surface area contributed by atoms with Gasteiger partial charge in [0.25, 0.3) is 0 Å². The fraction of sp³-hybridized carbons (Fsp3) is 0.242. The monoisotopic (exact) mass is 566 g/mol. The van der Waals surface area contributed by atoms with Gasteiger partial charge in [-0.25, -0.2) is 4.79 Å². The van der Waals surface area contributed by atoms with Crippen molar-refractivity contribution in [2.75, 3.05) is 38.6 Å². The van der Waals surface area contributed by atoms with Crippen molar-refractivity contribution >= 4 is 40.0 Å². The third kappa shape index (κ3) is 5.57. The van der Waals surface area contributed by atoms with Crippen LogP contribution in [-0.2, 0) is 4.79 Å². The fourth-order valence-corrected chi connectivity index (χ4v) is 5.74. The quantitative estimate of drug-likeness (QED) is 0.287. The number of methoxy groups -OCH3 is 1. The van der Waals surface area contributed by atoms with E-state index in [-0.39, 0.29) is 11.9 Å².